The van der Waals surface area contributed by atoms with Gasteiger partial charge in [-0.05, 0) is 68.9 Å². The van der Waals surface area contributed by atoms with Crippen molar-refractivity contribution < 1.29 is 14.3 Å². The topological polar surface area (TPSA) is 75.3 Å². The highest BCUT2D eigenvalue weighted by atomic mass is 16.5. The SMILES string of the molecule is COc1c(C)cc(C(=O)[C@H]2CCCN(C(=O)c3cc(C4CC4)[nH]n3)C2)cc1C. The van der Waals surface area contributed by atoms with E-state index in [9.17, 15) is 9.59 Å². The number of ether oxygens (including phenoxy) is 1. The molecule has 6 nitrogen and oxygen atoms in total. The zero-order valence-electron chi connectivity index (χ0n) is 16.7. The summed E-state index contributed by atoms with van der Waals surface area (Å²) in [7, 11) is 1.64. The lowest BCUT2D eigenvalue weighted by Crippen LogP contribution is -2.42. The van der Waals surface area contributed by atoms with E-state index >= 15 is 0 Å². The van der Waals surface area contributed by atoms with E-state index in [4.69, 9.17) is 4.74 Å². The van der Waals surface area contributed by atoms with Crippen LogP contribution in [0, 0.1) is 19.8 Å². The minimum Gasteiger partial charge on any atom is -0.496 e. The van der Waals surface area contributed by atoms with E-state index < -0.39 is 0 Å². The number of H-pyrrole nitrogens is 1. The van der Waals surface area contributed by atoms with Crippen LogP contribution in [0.25, 0.3) is 0 Å². The van der Waals surface area contributed by atoms with Gasteiger partial charge in [0.25, 0.3) is 5.91 Å². The van der Waals surface area contributed by atoms with Crippen molar-refractivity contribution in [2.45, 2.75) is 45.4 Å². The highest BCUT2D eigenvalue weighted by molar-refractivity contribution is 5.99. The molecule has 1 aliphatic carbocycles. The molecule has 1 saturated heterocycles. The number of aryl methyl sites for hydroxylation is 2. The van der Waals surface area contributed by atoms with Gasteiger partial charge in [-0.3, -0.25) is 14.7 Å². The molecule has 4 rings (SSSR count). The summed E-state index contributed by atoms with van der Waals surface area (Å²) in [5, 5.41) is 7.20. The number of rotatable bonds is 5. The molecular formula is C22H27N3O3. The van der Waals surface area contributed by atoms with Crippen molar-refractivity contribution in [3.63, 3.8) is 0 Å². The van der Waals surface area contributed by atoms with E-state index in [2.05, 4.69) is 10.2 Å². The largest absolute Gasteiger partial charge is 0.496 e. The van der Waals surface area contributed by atoms with Crippen LogP contribution in [0.1, 0.15) is 69.3 Å². The summed E-state index contributed by atoms with van der Waals surface area (Å²) < 4.78 is 5.40. The van der Waals surface area contributed by atoms with Crippen molar-refractivity contribution in [3.8, 4) is 5.75 Å². The molecule has 1 aromatic carbocycles. The second kappa shape index (κ2) is 7.41. The normalized spacial score (nSPS) is 19.5. The van der Waals surface area contributed by atoms with Crippen LogP contribution in [-0.4, -0.2) is 47.0 Å². The third-order valence-corrected chi connectivity index (χ3v) is 5.86. The predicted molar refractivity (Wildman–Crippen MR) is 106 cm³/mol. The molecule has 0 bridgehead atoms. The molecule has 28 heavy (non-hydrogen) atoms. The first-order valence-electron chi connectivity index (χ1n) is 10.0. The molecular weight excluding hydrogens is 354 g/mol. The van der Waals surface area contributed by atoms with Crippen LogP contribution >= 0.6 is 0 Å². The first-order chi connectivity index (χ1) is 13.5. The second-order valence-corrected chi connectivity index (χ2v) is 8.08. The zero-order valence-corrected chi connectivity index (χ0v) is 16.7. The number of carbonyl (C=O) groups excluding carboxylic acids is 2. The molecule has 2 aromatic rings. The maximum Gasteiger partial charge on any atom is 0.274 e. The van der Waals surface area contributed by atoms with Gasteiger partial charge in [0.15, 0.2) is 5.78 Å². The third kappa shape index (κ3) is 3.55. The first-order valence-corrected chi connectivity index (χ1v) is 10.0. The monoisotopic (exact) mass is 381 g/mol. The molecule has 0 radical (unpaired) electrons. The van der Waals surface area contributed by atoms with Gasteiger partial charge in [0, 0.05) is 36.2 Å². The Bertz CT molecular complexity index is 890. The van der Waals surface area contributed by atoms with Crippen LogP contribution in [-0.2, 0) is 0 Å². The van der Waals surface area contributed by atoms with Crippen molar-refractivity contribution in [2.24, 2.45) is 5.92 Å². The standard InChI is InChI=1S/C22H27N3O3/c1-13-9-17(10-14(2)21(13)28-3)20(26)16-5-4-8-25(12-16)22(27)19-11-18(23-24-19)15-6-7-15/h9-11,15-16H,4-8,12H2,1-3H3,(H,23,24)/t16-/m0/s1. The molecule has 0 unspecified atom stereocenters. The highest BCUT2D eigenvalue weighted by Crippen LogP contribution is 2.39. The highest BCUT2D eigenvalue weighted by Gasteiger charge is 2.32. The molecule has 2 aliphatic rings. The smallest absolute Gasteiger partial charge is 0.274 e. The summed E-state index contributed by atoms with van der Waals surface area (Å²) in [4.78, 5) is 27.8. The van der Waals surface area contributed by atoms with Crippen LogP contribution < -0.4 is 4.74 Å². The molecule has 6 heteroatoms. The Morgan fingerprint density at radius 3 is 2.50 bits per heavy atom. The summed E-state index contributed by atoms with van der Waals surface area (Å²) >= 11 is 0. The van der Waals surface area contributed by atoms with Crippen LogP contribution in [0.4, 0.5) is 0 Å². The third-order valence-electron chi connectivity index (χ3n) is 5.86. The predicted octanol–water partition coefficient (Wildman–Crippen LogP) is 3.65. The van der Waals surface area contributed by atoms with Crippen molar-refractivity contribution in [1.82, 2.24) is 15.1 Å². The summed E-state index contributed by atoms with van der Waals surface area (Å²) in [6, 6.07) is 5.66. The average Bonchev–Trinajstić information content (AvgIpc) is 3.43. The van der Waals surface area contributed by atoms with Gasteiger partial charge in [0.05, 0.1) is 7.11 Å². The maximum absolute atomic E-state index is 13.1. The van der Waals surface area contributed by atoms with Gasteiger partial charge in [0.2, 0.25) is 0 Å². The van der Waals surface area contributed by atoms with Crippen molar-refractivity contribution in [2.75, 3.05) is 20.2 Å². The summed E-state index contributed by atoms with van der Waals surface area (Å²) in [5.74, 6) is 1.20. The van der Waals surface area contributed by atoms with Gasteiger partial charge >= 0.3 is 0 Å². The van der Waals surface area contributed by atoms with Crippen LogP contribution in [0.5, 0.6) is 5.75 Å². The molecule has 148 valence electrons. The number of methoxy groups -OCH3 is 1. The molecule has 1 atom stereocenters. The number of hydrogen-bond donors (Lipinski definition) is 1. The van der Waals surface area contributed by atoms with Gasteiger partial charge in [0.1, 0.15) is 11.4 Å². The Morgan fingerprint density at radius 1 is 1.14 bits per heavy atom. The Balaban J connectivity index is 1.48. The van der Waals surface area contributed by atoms with Crippen molar-refractivity contribution in [3.05, 3.63) is 46.3 Å². The lowest BCUT2D eigenvalue weighted by Gasteiger charge is -2.31. The number of carbonyl (C=O) groups is 2. The van der Waals surface area contributed by atoms with Crippen LogP contribution in [0.2, 0.25) is 0 Å². The van der Waals surface area contributed by atoms with Gasteiger partial charge < -0.3 is 9.64 Å². The van der Waals surface area contributed by atoms with E-state index in [0.717, 1.165) is 48.3 Å². The number of amides is 1. The van der Waals surface area contributed by atoms with Crippen molar-refractivity contribution >= 4 is 11.7 Å². The molecule has 1 aromatic heterocycles. The summed E-state index contributed by atoms with van der Waals surface area (Å²) in [5.41, 5.74) is 4.13. The van der Waals surface area contributed by atoms with Gasteiger partial charge in [-0.1, -0.05) is 0 Å². The number of ketones is 1. The van der Waals surface area contributed by atoms with E-state index in [1.807, 2.05) is 32.0 Å². The number of piperidine rings is 1. The van der Waals surface area contributed by atoms with E-state index in [1.165, 1.54) is 0 Å². The Kier molecular flexibility index (Phi) is 4.96. The van der Waals surface area contributed by atoms with E-state index in [-0.39, 0.29) is 17.6 Å². The molecule has 0 spiro atoms. The molecule has 2 fully saturated rings. The van der Waals surface area contributed by atoms with E-state index in [1.54, 1.807) is 12.0 Å². The minimum atomic E-state index is -0.174. The minimum absolute atomic E-state index is 0.0808. The number of aromatic amines is 1. The lowest BCUT2D eigenvalue weighted by molar-refractivity contribution is 0.0632. The quantitative estimate of drug-likeness (QED) is 0.802. The fourth-order valence-electron chi connectivity index (χ4n) is 4.24. The zero-order chi connectivity index (χ0) is 19.8. The molecule has 1 N–H and O–H groups in total. The molecule has 2 heterocycles. The Morgan fingerprint density at radius 2 is 1.86 bits per heavy atom. The summed E-state index contributed by atoms with van der Waals surface area (Å²) in [6.45, 7) is 5.03. The fourth-order valence-corrected chi connectivity index (χ4v) is 4.24. The van der Waals surface area contributed by atoms with Crippen LogP contribution in [0.15, 0.2) is 18.2 Å². The van der Waals surface area contributed by atoms with E-state index in [0.29, 0.717) is 30.3 Å². The molecule has 1 amide bonds. The second-order valence-electron chi connectivity index (χ2n) is 8.08. The first kappa shape index (κ1) is 18.7. The molecule has 1 saturated carbocycles. The number of nitrogens with zero attached hydrogens (tertiary/aromatic N) is 2. The number of likely N-dealkylation sites (tertiary alicyclic amines) is 1. The Labute approximate surface area is 165 Å². The number of benzene rings is 1. The molecule has 1 aliphatic heterocycles. The summed E-state index contributed by atoms with van der Waals surface area (Å²) in [6.07, 6.45) is 3.96. The number of Topliss-reactive ketones (excluding diaryl/α,β-unsaturated/α-hetero) is 1. The number of nitrogens with one attached hydrogen (secondary N) is 1. The number of hydrogen-bond acceptors (Lipinski definition) is 4. The fraction of sp³-hybridized carbons (Fsp3) is 0.500. The lowest BCUT2D eigenvalue weighted by atomic mass is 9.88. The van der Waals surface area contributed by atoms with Crippen molar-refractivity contribution in [1.29, 1.82) is 0 Å². The maximum atomic E-state index is 13.1. The van der Waals surface area contributed by atoms with Gasteiger partial charge in [-0.25, -0.2) is 0 Å². The van der Waals surface area contributed by atoms with Gasteiger partial charge in [-0.2, -0.15) is 5.10 Å². The average molecular weight is 381 g/mol. The number of aromatic nitrogens is 2. The van der Waals surface area contributed by atoms with Gasteiger partial charge in [-0.15, -0.1) is 0 Å². The Hall–Kier alpha value is -2.63. The van der Waals surface area contributed by atoms with Crippen LogP contribution in [0.3, 0.4) is 0 Å².